The van der Waals surface area contributed by atoms with E-state index in [4.69, 9.17) is 0 Å². The van der Waals surface area contributed by atoms with E-state index in [0.717, 1.165) is 0 Å². The third kappa shape index (κ3) is 3.68. The van der Waals surface area contributed by atoms with Crippen LogP contribution < -0.4 is 5.32 Å². The van der Waals surface area contributed by atoms with E-state index in [-0.39, 0.29) is 29.1 Å². The monoisotopic (exact) mass is 398 g/mol. The molecule has 0 saturated heterocycles. The minimum absolute atomic E-state index is 0.0250. The van der Waals surface area contributed by atoms with Crippen LogP contribution in [0.3, 0.4) is 0 Å². The number of phenolic OH excluding ortho intramolecular Hbond substituents is 2. The van der Waals surface area contributed by atoms with E-state index in [9.17, 15) is 15.0 Å². The number of rotatable bonds is 4. The molecule has 7 nitrogen and oxygen atoms in total. The minimum Gasteiger partial charge on any atom is -0.507 e. The fourth-order valence-corrected chi connectivity index (χ4v) is 3.02. The Morgan fingerprint density at radius 1 is 0.733 bits per heavy atom. The van der Waals surface area contributed by atoms with Crippen LogP contribution in [-0.2, 0) is 0 Å². The Hall–Kier alpha value is -4.26. The Morgan fingerprint density at radius 3 is 1.80 bits per heavy atom. The average Bonchev–Trinajstić information content (AvgIpc) is 2.79. The second kappa shape index (κ2) is 8.00. The van der Waals surface area contributed by atoms with Crippen molar-refractivity contribution in [3.8, 4) is 45.7 Å². The number of aromatic nitrogens is 3. The molecule has 3 aromatic carbocycles. The first-order chi connectivity index (χ1) is 14.6. The first kappa shape index (κ1) is 19.1. The van der Waals surface area contributed by atoms with Gasteiger partial charge in [-0.3, -0.25) is 4.79 Å². The number of hydrogen-bond donors (Lipinski definition) is 3. The van der Waals surface area contributed by atoms with Gasteiger partial charge in [-0.15, -0.1) is 0 Å². The predicted molar refractivity (Wildman–Crippen MR) is 113 cm³/mol. The molecule has 0 aliphatic heterocycles. The molecule has 1 heterocycles. The second-order valence-corrected chi connectivity index (χ2v) is 6.50. The number of nitrogens with zero attached hydrogens (tertiary/aromatic N) is 3. The van der Waals surface area contributed by atoms with Crippen LogP contribution in [0.2, 0.25) is 0 Å². The van der Waals surface area contributed by atoms with E-state index >= 15 is 0 Å². The zero-order valence-electron chi connectivity index (χ0n) is 16.1. The lowest BCUT2D eigenvalue weighted by Crippen LogP contribution is -2.17. The average molecular weight is 398 g/mol. The third-order valence-electron chi connectivity index (χ3n) is 4.54. The van der Waals surface area contributed by atoms with Crippen LogP contribution >= 0.6 is 0 Å². The molecule has 7 heteroatoms. The smallest absolute Gasteiger partial charge is 0.251 e. The van der Waals surface area contributed by atoms with Gasteiger partial charge >= 0.3 is 0 Å². The van der Waals surface area contributed by atoms with Crippen molar-refractivity contribution >= 4 is 5.91 Å². The topological polar surface area (TPSA) is 108 Å². The standard InChI is InChI=1S/C23H18N4O3/c1-24-23(30)15-8-6-7-14(13-15)20-25-21(16-9-2-4-11-18(16)28)27-22(26-20)17-10-3-5-12-19(17)29/h2-13,28-29H,1H3,(H,24,30). The molecule has 4 aromatic rings. The number of hydrogen-bond acceptors (Lipinski definition) is 6. The van der Waals surface area contributed by atoms with Gasteiger partial charge in [0.25, 0.3) is 5.91 Å². The van der Waals surface area contributed by atoms with Gasteiger partial charge in [-0.05, 0) is 36.4 Å². The van der Waals surface area contributed by atoms with Crippen molar-refractivity contribution in [1.29, 1.82) is 0 Å². The zero-order valence-corrected chi connectivity index (χ0v) is 16.1. The maximum atomic E-state index is 12.0. The van der Waals surface area contributed by atoms with E-state index in [0.29, 0.717) is 28.1 Å². The van der Waals surface area contributed by atoms with Crippen LogP contribution in [0.15, 0.2) is 72.8 Å². The van der Waals surface area contributed by atoms with Gasteiger partial charge < -0.3 is 15.5 Å². The summed E-state index contributed by atoms with van der Waals surface area (Å²) in [4.78, 5) is 25.5. The summed E-state index contributed by atoms with van der Waals surface area (Å²) in [7, 11) is 1.56. The van der Waals surface area contributed by atoms with Gasteiger partial charge in [-0.25, -0.2) is 15.0 Å². The second-order valence-electron chi connectivity index (χ2n) is 6.50. The lowest BCUT2D eigenvalue weighted by Gasteiger charge is -2.10. The fraction of sp³-hybridized carbons (Fsp3) is 0.0435. The lowest BCUT2D eigenvalue weighted by atomic mass is 10.1. The molecular weight excluding hydrogens is 380 g/mol. The molecular formula is C23H18N4O3. The summed E-state index contributed by atoms with van der Waals surface area (Å²) in [6.45, 7) is 0. The summed E-state index contributed by atoms with van der Waals surface area (Å²) in [6.07, 6.45) is 0. The van der Waals surface area contributed by atoms with Crippen LogP contribution in [0.1, 0.15) is 10.4 Å². The SMILES string of the molecule is CNC(=O)c1cccc(-c2nc(-c3ccccc3O)nc(-c3ccccc3O)n2)c1. The summed E-state index contributed by atoms with van der Waals surface area (Å²) in [5.41, 5.74) is 1.93. The molecule has 0 fully saturated rings. The summed E-state index contributed by atoms with van der Waals surface area (Å²) in [6, 6.07) is 20.3. The summed E-state index contributed by atoms with van der Waals surface area (Å²) in [5, 5.41) is 23.2. The first-order valence-electron chi connectivity index (χ1n) is 9.22. The number of amides is 1. The van der Waals surface area contributed by atoms with Crippen LogP contribution in [-0.4, -0.2) is 38.1 Å². The highest BCUT2D eigenvalue weighted by Gasteiger charge is 2.16. The molecule has 0 atom stereocenters. The molecule has 0 aliphatic carbocycles. The fourth-order valence-electron chi connectivity index (χ4n) is 3.02. The molecule has 3 N–H and O–H groups in total. The van der Waals surface area contributed by atoms with Crippen LogP contribution in [0.5, 0.6) is 11.5 Å². The molecule has 0 saturated carbocycles. The quantitative estimate of drug-likeness (QED) is 0.484. The Bertz CT molecular complexity index is 1180. The van der Waals surface area contributed by atoms with Crippen molar-refractivity contribution in [3.63, 3.8) is 0 Å². The van der Waals surface area contributed by atoms with Crippen molar-refractivity contribution in [1.82, 2.24) is 20.3 Å². The van der Waals surface area contributed by atoms with Gasteiger partial charge in [0, 0.05) is 18.2 Å². The van der Waals surface area contributed by atoms with Crippen molar-refractivity contribution in [2.75, 3.05) is 7.05 Å². The first-order valence-corrected chi connectivity index (χ1v) is 9.22. The number of carbonyl (C=O) groups is 1. The van der Waals surface area contributed by atoms with Gasteiger partial charge in [0.1, 0.15) is 11.5 Å². The largest absolute Gasteiger partial charge is 0.507 e. The molecule has 0 radical (unpaired) electrons. The molecule has 148 valence electrons. The van der Waals surface area contributed by atoms with Gasteiger partial charge in [-0.2, -0.15) is 0 Å². The van der Waals surface area contributed by atoms with Crippen LogP contribution in [0, 0.1) is 0 Å². The number of phenols is 2. The normalized spacial score (nSPS) is 10.6. The Balaban J connectivity index is 1.94. The van der Waals surface area contributed by atoms with Gasteiger partial charge in [0.05, 0.1) is 11.1 Å². The molecule has 1 amide bonds. The van der Waals surface area contributed by atoms with Crippen LogP contribution in [0.4, 0.5) is 0 Å². The highest BCUT2D eigenvalue weighted by atomic mass is 16.3. The Morgan fingerprint density at radius 2 is 1.27 bits per heavy atom. The van der Waals surface area contributed by atoms with Gasteiger partial charge in [0.15, 0.2) is 17.5 Å². The Kier molecular flexibility index (Phi) is 5.09. The van der Waals surface area contributed by atoms with Crippen molar-refractivity contribution in [2.45, 2.75) is 0 Å². The minimum atomic E-state index is -0.229. The number of carbonyl (C=O) groups excluding carboxylic acids is 1. The summed E-state index contributed by atoms with van der Waals surface area (Å²) >= 11 is 0. The van der Waals surface area contributed by atoms with E-state index in [1.807, 2.05) is 0 Å². The van der Waals surface area contributed by atoms with Crippen molar-refractivity contribution in [3.05, 3.63) is 78.4 Å². The molecule has 30 heavy (non-hydrogen) atoms. The molecule has 0 aliphatic rings. The molecule has 1 aromatic heterocycles. The molecule has 0 bridgehead atoms. The third-order valence-corrected chi connectivity index (χ3v) is 4.54. The van der Waals surface area contributed by atoms with E-state index in [1.165, 1.54) is 0 Å². The predicted octanol–water partition coefficient (Wildman–Crippen LogP) is 3.64. The molecule has 0 spiro atoms. The highest BCUT2D eigenvalue weighted by molar-refractivity contribution is 5.95. The summed E-state index contributed by atoms with van der Waals surface area (Å²) < 4.78 is 0. The van der Waals surface area contributed by atoms with Gasteiger partial charge in [0.2, 0.25) is 0 Å². The zero-order chi connectivity index (χ0) is 21.1. The maximum Gasteiger partial charge on any atom is 0.251 e. The number of aromatic hydroxyl groups is 2. The van der Waals surface area contributed by atoms with Crippen molar-refractivity contribution < 1.29 is 15.0 Å². The molecule has 0 unspecified atom stereocenters. The number of benzene rings is 3. The van der Waals surface area contributed by atoms with E-state index in [1.54, 1.807) is 79.8 Å². The summed E-state index contributed by atoms with van der Waals surface area (Å²) in [5.74, 6) is 0.636. The number of nitrogens with one attached hydrogen (secondary N) is 1. The lowest BCUT2D eigenvalue weighted by molar-refractivity contribution is 0.0963. The van der Waals surface area contributed by atoms with E-state index in [2.05, 4.69) is 20.3 Å². The maximum absolute atomic E-state index is 12.0. The Labute approximate surface area is 172 Å². The van der Waals surface area contributed by atoms with Crippen LogP contribution in [0.25, 0.3) is 34.2 Å². The molecule has 4 rings (SSSR count). The van der Waals surface area contributed by atoms with Gasteiger partial charge in [-0.1, -0.05) is 36.4 Å². The number of para-hydroxylation sites is 2. The van der Waals surface area contributed by atoms with Crippen molar-refractivity contribution in [2.24, 2.45) is 0 Å². The highest BCUT2D eigenvalue weighted by Crippen LogP contribution is 2.32. The van der Waals surface area contributed by atoms with E-state index < -0.39 is 0 Å².